The summed E-state index contributed by atoms with van der Waals surface area (Å²) in [5.41, 5.74) is 1.52. The molecular weight excluding hydrogens is 290 g/mol. The molecule has 2 N–H and O–H groups in total. The fourth-order valence-corrected chi connectivity index (χ4v) is 2.69. The van der Waals surface area contributed by atoms with Crippen molar-refractivity contribution in [2.24, 2.45) is 5.41 Å². The smallest absolute Gasteiger partial charge is 0.323 e. The highest BCUT2D eigenvalue weighted by atomic mass is 16.5. The maximum Gasteiger partial charge on any atom is 0.323 e. The van der Waals surface area contributed by atoms with Gasteiger partial charge in [-0.3, -0.25) is 10.1 Å². The minimum Gasteiger partial charge on any atom is -0.493 e. The van der Waals surface area contributed by atoms with Crippen LogP contribution in [-0.4, -0.2) is 23.2 Å². The molecule has 0 aliphatic carbocycles. The van der Waals surface area contributed by atoms with Crippen molar-refractivity contribution in [3.63, 3.8) is 0 Å². The summed E-state index contributed by atoms with van der Waals surface area (Å²) in [6.45, 7) is 9.48. The number of fused-ring (bicyclic) bond motifs is 1. The van der Waals surface area contributed by atoms with Crippen LogP contribution < -0.4 is 10.1 Å². The van der Waals surface area contributed by atoms with Gasteiger partial charge >= 0.3 is 5.97 Å². The van der Waals surface area contributed by atoms with Gasteiger partial charge in [0.25, 0.3) is 0 Å². The van der Waals surface area contributed by atoms with Gasteiger partial charge in [-0.25, -0.2) is 0 Å². The summed E-state index contributed by atoms with van der Waals surface area (Å²) in [5.74, 6) is 0.151. The third-order valence-corrected chi connectivity index (χ3v) is 4.51. The standard InChI is InChI=1S/C19H29NO3/c1-18(2,3)9-10-19(4,17(21)22)20-13-14-7-8-15-6-5-11-23-16(15)12-14/h7-8,12,20H,5-6,9-11,13H2,1-4H3,(H,21,22). The molecule has 1 aromatic carbocycles. The van der Waals surface area contributed by atoms with Gasteiger partial charge in [-0.2, -0.15) is 0 Å². The molecule has 1 aliphatic heterocycles. The summed E-state index contributed by atoms with van der Waals surface area (Å²) in [6, 6.07) is 6.19. The van der Waals surface area contributed by atoms with E-state index in [4.69, 9.17) is 4.74 Å². The molecule has 1 heterocycles. The topological polar surface area (TPSA) is 58.6 Å². The Bertz CT molecular complexity index is 562. The van der Waals surface area contributed by atoms with Gasteiger partial charge < -0.3 is 9.84 Å². The largest absolute Gasteiger partial charge is 0.493 e. The molecule has 4 heteroatoms. The second-order valence-corrected chi connectivity index (χ2v) is 7.95. The Morgan fingerprint density at radius 2 is 2.00 bits per heavy atom. The van der Waals surface area contributed by atoms with Gasteiger partial charge in [-0.1, -0.05) is 32.9 Å². The molecule has 2 rings (SSSR count). The monoisotopic (exact) mass is 319 g/mol. The van der Waals surface area contributed by atoms with Crippen LogP contribution in [0.15, 0.2) is 18.2 Å². The Hall–Kier alpha value is -1.55. The molecule has 4 nitrogen and oxygen atoms in total. The van der Waals surface area contributed by atoms with Gasteiger partial charge in [0, 0.05) is 6.54 Å². The lowest BCUT2D eigenvalue weighted by molar-refractivity contribution is -0.144. The predicted molar refractivity (Wildman–Crippen MR) is 91.8 cm³/mol. The zero-order valence-electron chi connectivity index (χ0n) is 14.7. The molecule has 0 saturated heterocycles. The van der Waals surface area contributed by atoms with Crippen LogP contribution in [0.2, 0.25) is 0 Å². The predicted octanol–water partition coefficient (Wildman–Crippen LogP) is 3.77. The van der Waals surface area contributed by atoms with E-state index in [2.05, 4.69) is 38.2 Å². The molecule has 0 spiro atoms. The van der Waals surface area contributed by atoms with Crippen LogP contribution in [0.4, 0.5) is 0 Å². The lowest BCUT2D eigenvalue weighted by atomic mass is 9.84. The fourth-order valence-electron chi connectivity index (χ4n) is 2.69. The molecule has 0 saturated carbocycles. The maximum absolute atomic E-state index is 11.7. The van der Waals surface area contributed by atoms with E-state index in [0.717, 1.165) is 37.2 Å². The Morgan fingerprint density at radius 1 is 1.26 bits per heavy atom. The van der Waals surface area contributed by atoms with Crippen molar-refractivity contribution in [3.05, 3.63) is 29.3 Å². The van der Waals surface area contributed by atoms with Crippen molar-refractivity contribution < 1.29 is 14.6 Å². The number of aliphatic carboxylic acids is 1. The molecule has 0 amide bonds. The number of nitrogens with one attached hydrogen (secondary N) is 1. The summed E-state index contributed by atoms with van der Waals surface area (Å²) < 4.78 is 5.69. The average Bonchev–Trinajstić information content (AvgIpc) is 2.50. The molecule has 1 atom stereocenters. The highest BCUT2D eigenvalue weighted by Gasteiger charge is 2.33. The number of hydrogen-bond donors (Lipinski definition) is 2. The Balaban J connectivity index is 2.02. The number of benzene rings is 1. The number of carboxylic acid groups (broad SMARTS) is 1. The summed E-state index contributed by atoms with van der Waals surface area (Å²) in [5, 5.41) is 12.8. The number of hydrogen-bond acceptors (Lipinski definition) is 3. The summed E-state index contributed by atoms with van der Waals surface area (Å²) >= 11 is 0. The first-order valence-electron chi connectivity index (χ1n) is 8.43. The van der Waals surface area contributed by atoms with E-state index >= 15 is 0 Å². The van der Waals surface area contributed by atoms with Crippen molar-refractivity contribution in [2.45, 2.75) is 65.5 Å². The number of carbonyl (C=O) groups is 1. The second-order valence-electron chi connectivity index (χ2n) is 7.95. The highest BCUT2D eigenvalue weighted by molar-refractivity contribution is 5.78. The van der Waals surface area contributed by atoms with Crippen LogP contribution >= 0.6 is 0 Å². The lowest BCUT2D eigenvalue weighted by Crippen LogP contribution is -2.49. The van der Waals surface area contributed by atoms with Crippen LogP contribution in [0.1, 0.15) is 58.1 Å². The first-order chi connectivity index (χ1) is 10.7. The Morgan fingerprint density at radius 3 is 2.65 bits per heavy atom. The summed E-state index contributed by atoms with van der Waals surface area (Å²) in [7, 11) is 0. The van der Waals surface area contributed by atoms with Crippen LogP contribution in [0.5, 0.6) is 5.75 Å². The van der Waals surface area contributed by atoms with Crippen molar-refractivity contribution in [2.75, 3.05) is 6.61 Å². The summed E-state index contributed by atoms with van der Waals surface area (Å²) in [4.78, 5) is 11.7. The van der Waals surface area contributed by atoms with Gasteiger partial charge in [-0.15, -0.1) is 0 Å². The molecule has 1 unspecified atom stereocenters. The molecule has 0 aromatic heterocycles. The normalized spacial score (nSPS) is 17.0. The molecule has 0 radical (unpaired) electrons. The second kappa shape index (κ2) is 6.91. The number of aryl methyl sites for hydroxylation is 1. The van der Waals surface area contributed by atoms with E-state index in [1.54, 1.807) is 6.92 Å². The highest BCUT2D eigenvalue weighted by Crippen LogP contribution is 2.28. The van der Waals surface area contributed by atoms with Gasteiger partial charge in [0.2, 0.25) is 0 Å². The quantitative estimate of drug-likeness (QED) is 0.838. The first kappa shape index (κ1) is 17.8. The van der Waals surface area contributed by atoms with Crippen molar-refractivity contribution in [1.29, 1.82) is 0 Å². The third-order valence-electron chi connectivity index (χ3n) is 4.51. The molecule has 1 aromatic rings. The van der Waals surface area contributed by atoms with Crippen LogP contribution in [0, 0.1) is 5.41 Å². The van der Waals surface area contributed by atoms with Crippen LogP contribution in [0.3, 0.4) is 0 Å². The van der Waals surface area contributed by atoms with E-state index in [1.165, 1.54) is 5.56 Å². The maximum atomic E-state index is 11.7. The van der Waals surface area contributed by atoms with Gasteiger partial charge in [0.1, 0.15) is 11.3 Å². The van der Waals surface area contributed by atoms with E-state index in [-0.39, 0.29) is 5.41 Å². The van der Waals surface area contributed by atoms with Crippen molar-refractivity contribution in [1.82, 2.24) is 5.32 Å². The lowest BCUT2D eigenvalue weighted by Gasteiger charge is -2.30. The van der Waals surface area contributed by atoms with Gasteiger partial charge in [-0.05, 0) is 55.2 Å². The van der Waals surface area contributed by atoms with E-state index in [9.17, 15) is 9.90 Å². The fraction of sp³-hybridized carbons (Fsp3) is 0.632. The zero-order valence-corrected chi connectivity index (χ0v) is 14.7. The minimum atomic E-state index is -0.913. The molecule has 128 valence electrons. The van der Waals surface area contributed by atoms with Crippen LogP contribution in [-0.2, 0) is 17.8 Å². The number of carboxylic acids is 1. The van der Waals surface area contributed by atoms with Gasteiger partial charge in [0.05, 0.1) is 6.61 Å². The number of rotatable bonds is 6. The van der Waals surface area contributed by atoms with Crippen molar-refractivity contribution in [3.8, 4) is 5.75 Å². The van der Waals surface area contributed by atoms with E-state index < -0.39 is 11.5 Å². The van der Waals surface area contributed by atoms with Crippen LogP contribution in [0.25, 0.3) is 0 Å². The molecular formula is C19H29NO3. The van der Waals surface area contributed by atoms with E-state index in [0.29, 0.717) is 13.0 Å². The average molecular weight is 319 g/mol. The zero-order chi connectivity index (χ0) is 17.1. The molecule has 1 aliphatic rings. The number of ether oxygens (including phenoxy) is 1. The third kappa shape index (κ3) is 4.96. The Kier molecular flexibility index (Phi) is 5.35. The molecule has 0 bridgehead atoms. The molecule has 0 fully saturated rings. The van der Waals surface area contributed by atoms with Crippen molar-refractivity contribution >= 4 is 5.97 Å². The van der Waals surface area contributed by atoms with Gasteiger partial charge in [0.15, 0.2) is 0 Å². The summed E-state index contributed by atoms with van der Waals surface area (Å²) in [6.07, 6.45) is 3.58. The Labute approximate surface area is 139 Å². The SMILES string of the molecule is CC(C)(C)CCC(C)(NCc1ccc2c(c1)OCCC2)C(=O)O. The first-order valence-corrected chi connectivity index (χ1v) is 8.43. The van der Waals surface area contributed by atoms with E-state index in [1.807, 2.05) is 6.07 Å². The minimum absolute atomic E-state index is 0.123. The molecule has 23 heavy (non-hydrogen) atoms.